The number of anilines is 1. The predicted octanol–water partition coefficient (Wildman–Crippen LogP) is 2.26. The molecule has 0 amide bonds. The molecule has 6 nitrogen and oxygen atoms in total. The Morgan fingerprint density at radius 2 is 1.68 bits per heavy atom. The van der Waals surface area contributed by atoms with Gasteiger partial charge in [-0.05, 0) is 36.4 Å². The number of ether oxygens (including phenoxy) is 1. The molecule has 0 fully saturated rings. The van der Waals surface area contributed by atoms with E-state index in [4.69, 9.17) is 4.74 Å². The average Bonchev–Trinajstić information content (AvgIpc) is 2.58. The lowest BCUT2D eigenvalue weighted by Gasteiger charge is -2.16. The molecule has 2 rings (SSSR count). The number of esters is 1. The molecule has 8 heteroatoms. The molecule has 0 bridgehead atoms. The second kappa shape index (κ2) is 7.43. The van der Waals surface area contributed by atoms with Crippen LogP contribution in [0.15, 0.2) is 48.5 Å². The summed E-state index contributed by atoms with van der Waals surface area (Å²) in [5.74, 6) is -2.15. The van der Waals surface area contributed by atoms with Crippen molar-refractivity contribution in [2.24, 2.45) is 0 Å². The van der Waals surface area contributed by atoms with E-state index < -0.39 is 34.2 Å². The number of nitrogens with zero attached hydrogens (tertiary/aromatic N) is 1. The smallest absolute Gasteiger partial charge is 0.341 e. The van der Waals surface area contributed by atoms with Crippen LogP contribution in [0.2, 0.25) is 0 Å². The van der Waals surface area contributed by atoms with E-state index in [0.29, 0.717) is 5.69 Å². The number of carbonyl (C=O) groups excluding carboxylic acids is 2. The van der Waals surface area contributed by atoms with Gasteiger partial charge in [0.1, 0.15) is 5.82 Å². The molecule has 0 aromatic heterocycles. The number of sulfonamides is 1. The fourth-order valence-electron chi connectivity index (χ4n) is 1.97. The Morgan fingerprint density at radius 3 is 2.24 bits per heavy atom. The molecule has 0 radical (unpaired) electrons. The molecule has 0 heterocycles. The summed E-state index contributed by atoms with van der Waals surface area (Å²) in [6.07, 6.45) is 1.06. The number of Topliss-reactive ketones (excluding diaryl/α,β-unsaturated/α-hetero) is 1. The van der Waals surface area contributed by atoms with Crippen LogP contribution in [0.5, 0.6) is 0 Å². The number of carbonyl (C=O) groups is 2. The Labute approximate surface area is 144 Å². The normalized spacial score (nSPS) is 11.0. The molecule has 2 aromatic rings. The number of hydrogen-bond acceptors (Lipinski definition) is 5. The van der Waals surface area contributed by atoms with Crippen LogP contribution in [0.25, 0.3) is 0 Å². The lowest BCUT2D eigenvalue weighted by molar-refractivity contribution is 0.0470. The zero-order valence-corrected chi connectivity index (χ0v) is 14.4. The SMILES string of the molecule is CN(c1ccc(C(=O)COC(=O)c2ccccc2F)cc1)S(C)(=O)=O. The van der Waals surface area contributed by atoms with Crippen molar-refractivity contribution in [3.63, 3.8) is 0 Å². The minimum Gasteiger partial charge on any atom is -0.454 e. The van der Waals surface area contributed by atoms with Crippen LogP contribution in [0.4, 0.5) is 10.1 Å². The monoisotopic (exact) mass is 365 g/mol. The second-order valence-corrected chi connectivity index (χ2v) is 7.27. The molecule has 0 atom stereocenters. The lowest BCUT2D eigenvalue weighted by Crippen LogP contribution is -2.24. The molecule has 0 aliphatic rings. The Kier molecular flexibility index (Phi) is 5.53. The van der Waals surface area contributed by atoms with Gasteiger partial charge in [-0.1, -0.05) is 12.1 Å². The van der Waals surface area contributed by atoms with Crippen molar-refractivity contribution in [1.82, 2.24) is 0 Å². The molecular weight excluding hydrogens is 349 g/mol. The topological polar surface area (TPSA) is 80.8 Å². The van der Waals surface area contributed by atoms with Crippen molar-refractivity contribution in [2.75, 3.05) is 24.2 Å². The van der Waals surface area contributed by atoms with E-state index in [9.17, 15) is 22.4 Å². The first-order valence-corrected chi connectivity index (χ1v) is 9.04. The minimum atomic E-state index is -3.40. The fourth-order valence-corrected chi connectivity index (χ4v) is 2.47. The van der Waals surface area contributed by atoms with Gasteiger partial charge in [0.05, 0.1) is 17.5 Å². The highest BCUT2D eigenvalue weighted by Gasteiger charge is 2.16. The van der Waals surface area contributed by atoms with E-state index in [2.05, 4.69) is 0 Å². The van der Waals surface area contributed by atoms with Crippen LogP contribution < -0.4 is 4.31 Å². The summed E-state index contributed by atoms with van der Waals surface area (Å²) >= 11 is 0. The molecule has 132 valence electrons. The Bertz CT molecular complexity index is 894. The molecule has 0 unspecified atom stereocenters. The van der Waals surface area contributed by atoms with Gasteiger partial charge in [0.25, 0.3) is 0 Å². The van der Waals surface area contributed by atoms with Crippen LogP contribution in [0.3, 0.4) is 0 Å². The summed E-state index contributed by atoms with van der Waals surface area (Å²) in [5, 5.41) is 0. The van der Waals surface area contributed by atoms with E-state index in [1.807, 2.05) is 0 Å². The van der Waals surface area contributed by atoms with E-state index in [1.165, 1.54) is 49.5 Å². The number of benzene rings is 2. The third-order valence-corrected chi connectivity index (χ3v) is 4.68. The maximum atomic E-state index is 13.5. The molecule has 0 aliphatic heterocycles. The maximum absolute atomic E-state index is 13.5. The van der Waals surface area contributed by atoms with Crippen molar-refractivity contribution < 1.29 is 27.1 Å². The molecule has 0 saturated carbocycles. The van der Waals surface area contributed by atoms with Gasteiger partial charge in [0.15, 0.2) is 12.4 Å². The Morgan fingerprint density at radius 1 is 1.08 bits per heavy atom. The highest BCUT2D eigenvalue weighted by atomic mass is 32.2. The summed E-state index contributed by atoms with van der Waals surface area (Å²) in [5.41, 5.74) is 0.384. The quantitative estimate of drug-likeness (QED) is 0.579. The maximum Gasteiger partial charge on any atom is 0.341 e. The molecule has 2 aromatic carbocycles. The summed E-state index contributed by atoms with van der Waals surface area (Å²) in [7, 11) is -2.01. The highest BCUT2D eigenvalue weighted by Crippen LogP contribution is 2.17. The van der Waals surface area contributed by atoms with Crippen LogP contribution in [-0.4, -0.2) is 40.1 Å². The van der Waals surface area contributed by atoms with Gasteiger partial charge >= 0.3 is 5.97 Å². The van der Waals surface area contributed by atoms with Gasteiger partial charge in [0.2, 0.25) is 10.0 Å². The van der Waals surface area contributed by atoms with Crippen molar-refractivity contribution in [3.05, 3.63) is 65.5 Å². The average molecular weight is 365 g/mol. The fraction of sp³-hybridized carbons (Fsp3) is 0.176. The zero-order valence-electron chi connectivity index (χ0n) is 13.6. The van der Waals surface area contributed by atoms with E-state index in [0.717, 1.165) is 16.6 Å². The van der Waals surface area contributed by atoms with E-state index in [-0.39, 0.29) is 11.1 Å². The molecule has 0 spiro atoms. The Balaban J connectivity index is 2.02. The first-order valence-electron chi connectivity index (χ1n) is 7.19. The summed E-state index contributed by atoms with van der Waals surface area (Å²) in [4.78, 5) is 23.8. The third-order valence-electron chi connectivity index (χ3n) is 3.48. The molecule has 0 N–H and O–H groups in total. The Hall–Kier alpha value is -2.74. The summed E-state index contributed by atoms with van der Waals surface area (Å²) in [6, 6.07) is 11.1. The predicted molar refractivity (Wildman–Crippen MR) is 90.7 cm³/mol. The van der Waals surface area contributed by atoms with Crippen LogP contribution in [0, 0.1) is 5.82 Å². The van der Waals surface area contributed by atoms with Crippen LogP contribution in [0.1, 0.15) is 20.7 Å². The van der Waals surface area contributed by atoms with Gasteiger partial charge in [-0.2, -0.15) is 0 Å². The van der Waals surface area contributed by atoms with Crippen molar-refractivity contribution >= 4 is 27.5 Å². The standard InChI is InChI=1S/C17H16FNO5S/c1-19(25(2,22)23)13-9-7-12(8-10-13)16(20)11-24-17(21)14-5-3-4-6-15(14)18/h3-10H,11H2,1-2H3. The first-order chi connectivity index (χ1) is 11.7. The molecule has 0 saturated heterocycles. The number of rotatable bonds is 6. The van der Waals surface area contributed by atoms with E-state index >= 15 is 0 Å². The summed E-state index contributed by atoms with van der Waals surface area (Å²) in [6.45, 7) is -0.547. The largest absolute Gasteiger partial charge is 0.454 e. The van der Waals surface area contributed by atoms with E-state index in [1.54, 1.807) is 0 Å². The van der Waals surface area contributed by atoms with Crippen LogP contribution >= 0.6 is 0 Å². The highest BCUT2D eigenvalue weighted by molar-refractivity contribution is 7.92. The second-order valence-electron chi connectivity index (χ2n) is 5.26. The number of ketones is 1. The van der Waals surface area contributed by atoms with Crippen molar-refractivity contribution in [1.29, 1.82) is 0 Å². The van der Waals surface area contributed by atoms with Crippen LogP contribution in [-0.2, 0) is 14.8 Å². The van der Waals surface area contributed by atoms with Crippen molar-refractivity contribution in [2.45, 2.75) is 0 Å². The van der Waals surface area contributed by atoms with Gasteiger partial charge in [-0.3, -0.25) is 9.10 Å². The third kappa shape index (κ3) is 4.63. The van der Waals surface area contributed by atoms with Gasteiger partial charge in [0, 0.05) is 12.6 Å². The van der Waals surface area contributed by atoms with Gasteiger partial charge < -0.3 is 4.74 Å². The molecular formula is C17H16FNO5S. The molecule has 0 aliphatic carbocycles. The lowest BCUT2D eigenvalue weighted by atomic mass is 10.1. The molecule has 25 heavy (non-hydrogen) atoms. The zero-order chi connectivity index (χ0) is 18.6. The number of hydrogen-bond donors (Lipinski definition) is 0. The first kappa shape index (κ1) is 18.6. The van der Waals surface area contributed by atoms with Gasteiger partial charge in [-0.15, -0.1) is 0 Å². The van der Waals surface area contributed by atoms with Gasteiger partial charge in [-0.25, -0.2) is 17.6 Å². The minimum absolute atomic E-state index is 0.243. The number of halogens is 1. The summed E-state index contributed by atoms with van der Waals surface area (Å²) < 4.78 is 42.3. The van der Waals surface area contributed by atoms with Crippen molar-refractivity contribution in [3.8, 4) is 0 Å².